The zero-order chi connectivity index (χ0) is 45.6. The van der Waals surface area contributed by atoms with Gasteiger partial charge in [-0.15, -0.1) is 0 Å². The number of carbonyl (C=O) groups is 9. The molecule has 6 N–H and O–H groups in total. The second-order valence-electron chi connectivity index (χ2n) is 17.2. The van der Waals surface area contributed by atoms with Crippen LogP contribution in [0, 0.1) is 11.3 Å². The first-order valence-electron chi connectivity index (χ1n) is 21.3. The van der Waals surface area contributed by atoms with Crippen molar-refractivity contribution in [3.63, 3.8) is 0 Å². The van der Waals surface area contributed by atoms with Crippen LogP contribution in [0.15, 0.2) is 41.9 Å². The minimum atomic E-state index is -1.33. The van der Waals surface area contributed by atoms with Crippen molar-refractivity contribution in [1.82, 2.24) is 36.5 Å². The lowest BCUT2D eigenvalue weighted by Gasteiger charge is -2.36. The van der Waals surface area contributed by atoms with Crippen LogP contribution in [0.25, 0.3) is 0 Å². The number of carboxylic acid groups (broad SMARTS) is 1. The number of pyridine rings is 1. The van der Waals surface area contributed by atoms with Gasteiger partial charge < -0.3 is 41.3 Å². The molecule has 0 radical (unpaired) electrons. The first-order valence-corrected chi connectivity index (χ1v) is 21.3. The molecular weight excluding hydrogens is 803 g/mol. The molecule has 18 nitrogen and oxygen atoms in total. The highest BCUT2D eigenvalue weighted by atomic mass is 16.5. The zero-order valence-corrected chi connectivity index (χ0v) is 36.3. The summed E-state index contributed by atoms with van der Waals surface area (Å²) >= 11 is 0. The number of nitrogens with one attached hydrogen (secondary N) is 5. The van der Waals surface area contributed by atoms with Crippen LogP contribution < -0.4 is 26.6 Å². The molecule has 3 fully saturated rings. The van der Waals surface area contributed by atoms with E-state index in [0.717, 1.165) is 68.5 Å². The number of hydrogen-bond acceptors (Lipinski definition) is 11. The Labute approximate surface area is 361 Å². The number of rotatable bonds is 17. The molecule has 1 aliphatic heterocycles. The standard InChI is InChI=1S/C44H61N7O11/c1-44(2,3)37(50-38(55)31(18-12-13-19-34(54)62-5)47-33(53)21-26-20-29(43(60)61)24-46-23-26)42(59)51-25-30(52)22-32(51)39(56)48-36(28-16-10-7-11-17-28)41(58)49-35(40(57)45-4)27-14-8-6-9-15-27/h13,19-20,23-24,27,31-32,35,37H,6-12,14-18,21-22,25H2,1-5H3,(H,45,57)(H,47,53)(H,48,56)(H,49,58)(H,50,55)(H,60,61)/b19-13+/t31-,32-,35-,37+/m0/s1. The summed E-state index contributed by atoms with van der Waals surface area (Å²) in [6, 6.07) is -3.44. The van der Waals surface area contributed by atoms with Crippen LogP contribution in [0.3, 0.4) is 0 Å². The molecule has 2 aliphatic carbocycles. The van der Waals surface area contributed by atoms with Crippen LogP contribution in [-0.4, -0.2) is 113 Å². The van der Waals surface area contributed by atoms with E-state index in [4.69, 9.17) is 0 Å². The average molecular weight is 864 g/mol. The number of aromatic nitrogens is 1. The van der Waals surface area contributed by atoms with Gasteiger partial charge in [-0.3, -0.25) is 38.5 Å². The van der Waals surface area contributed by atoms with Crippen LogP contribution >= 0.6 is 0 Å². The Morgan fingerprint density at radius 1 is 0.935 bits per heavy atom. The Balaban J connectivity index is 1.57. The van der Waals surface area contributed by atoms with Crippen molar-refractivity contribution in [2.24, 2.45) is 11.3 Å². The number of esters is 1. The Bertz CT molecular complexity index is 1920. The van der Waals surface area contributed by atoms with Gasteiger partial charge in [0.25, 0.3) is 5.91 Å². The van der Waals surface area contributed by atoms with Gasteiger partial charge in [0.15, 0.2) is 5.78 Å². The number of carboxylic acids is 1. The van der Waals surface area contributed by atoms with Crippen molar-refractivity contribution in [2.75, 3.05) is 20.7 Å². The number of carbonyl (C=O) groups excluding carboxylic acids is 8. The van der Waals surface area contributed by atoms with E-state index in [-0.39, 0.29) is 54.3 Å². The van der Waals surface area contributed by atoms with E-state index in [0.29, 0.717) is 18.4 Å². The fourth-order valence-electron chi connectivity index (χ4n) is 8.10. The number of Topliss-reactive ketones (excluding diaryl/α,β-unsaturated/α-hetero) is 1. The van der Waals surface area contributed by atoms with Crippen LogP contribution in [0.4, 0.5) is 0 Å². The summed E-state index contributed by atoms with van der Waals surface area (Å²) in [7, 11) is 2.71. The number of allylic oxidation sites excluding steroid dienone is 2. The minimum absolute atomic E-state index is 0.0112. The van der Waals surface area contributed by atoms with Crippen molar-refractivity contribution in [3.05, 3.63) is 53.0 Å². The molecule has 4 rings (SSSR count). The summed E-state index contributed by atoms with van der Waals surface area (Å²) in [6.07, 6.45) is 12.6. The molecule has 4 atom stereocenters. The Kier molecular flexibility index (Phi) is 17.9. The first-order chi connectivity index (χ1) is 29.4. The van der Waals surface area contributed by atoms with Crippen LogP contribution in [-0.2, 0) is 49.5 Å². The summed E-state index contributed by atoms with van der Waals surface area (Å²) in [5.41, 5.74) is -0.134. The Hall–Kier alpha value is -5.94. The van der Waals surface area contributed by atoms with Gasteiger partial charge in [-0.25, -0.2) is 9.59 Å². The zero-order valence-electron chi connectivity index (χ0n) is 36.3. The number of hydrogen-bond donors (Lipinski definition) is 6. The monoisotopic (exact) mass is 863 g/mol. The highest BCUT2D eigenvalue weighted by Crippen LogP contribution is 2.30. The predicted molar refractivity (Wildman–Crippen MR) is 225 cm³/mol. The fourth-order valence-corrected chi connectivity index (χ4v) is 8.10. The maximum absolute atomic E-state index is 14.5. The molecule has 18 heteroatoms. The lowest BCUT2D eigenvalue weighted by molar-refractivity contribution is -0.144. The highest BCUT2D eigenvalue weighted by molar-refractivity contribution is 6.05. The third-order valence-corrected chi connectivity index (χ3v) is 11.5. The van der Waals surface area contributed by atoms with Gasteiger partial charge in [0.2, 0.25) is 29.5 Å². The van der Waals surface area contributed by atoms with E-state index in [1.165, 1.54) is 32.5 Å². The maximum atomic E-state index is 14.5. The van der Waals surface area contributed by atoms with Crippen LogP contribution in [0.1, 0.15) is 120 Å². The van der Waals surface area contributed by atoms with E-state index in [2.05, 4.69) is 36.3 Å². The van der Waals surface area contributed by atoms with Crippen LogP contribution in [0.5, 0.6) is 0 Å². The van der Waals surface area contributed by atoms with Gasteiger partial charge in [0.05, 0.1) is 25.6 Å². The average Bonchev–Trinajstić information content (AvgIpc) is 3.65. The van der Waals surface area contributed by atoms with Crippen molar-refractivity contribution in [2.45, 2.75) is 135 Å². The van der Waals surface area contributed by atoms with Gasteiger partial charge in [-0.05, 0) is 79.9 Å². The molecule has 6 amide bonds. The van der Waals surface area contributed by atoms with Crippen molar-refractivity contribution in [1.29, 1.82) is 0 Å². The normalized spacial score (nSPS) is 18.5. The summed E-state index contributed by atoms with van der Waals surface area (Å²) in [5.74, 6) is -6.23. The molecule has 2 heterocycles. The summed E-state index contributed by atoms with van der Waals surface area (Å²) in [5, 5.41) is 23.0. The van der Waals surface area contributed by atoms with E-state index >= 15 is 0 Å². The molecular formula is C44H61N7O11. The van der Waals surface area contributed by atoms with E-state index < -0.39 is 83.4 Å². The molecule has 0 spiro atoms. The molecule has 2 saturated carbocycles. The van der Waals surface area contributed by atoms with Crippen LogP contribution in [0.2, 0.25) is 0 Å². The lowest BCUT2D eigenvalue weighted by atomic mass is 9.83. The first kappa shape index (κ1) is 48.7. The van der Waals surface area contributed by atoms with Gasteiger partial charge in [-0.2, -0.15) is 0 Å². The summed E-state index contributed by atoms with van der Waals surface area (Å²) in [4.78, 5) is 124. The quantitative estimate of drug-likeness (QED) is 0.0973. The number of ether oxygens (including phenoxy) is 1. The van der Waals surface area contributed by atoms with Crippen molar-refractivity contribution in [3.8, 4) is 0 Å². The molecule has 0 unspecified atom stereocenters. The molecule has 1 aromatic rings. The molecule has 1 aromatic heterocycles. The summed E-state index contributed by atoms with van der Waals surface area (Å²) in [6.45, 7) is 4.62. The molecule has 1 saturated heterocycles. The number of aromatic carboxylic acids is 1. The van der Waals surface area contributed by atoms with E-state index in [1.54, 1.807) is 20.8 Å². The molecule has 338 valence electrons. The van der Waals surface area contributed by atoms with Crippen molar-refractivity contribution >= 4 is 53.2 Å². The third-order valence-electron chi connectivity index (χ3n) is 11.5. The van der Waals surface area contributed by atoms with Gasteiger partial charge >= 0.3 is 11.9 Å². The summed E-state index contributed by atoms with van der Waals surface area (Å²) < 4.78 is 4.62. The minimum Gasteiger partial charge on any atom is -0.478 e. The second-order valence-corrected chi connectivity index (χ2v) is 17.2. The molecule has 0 aromatic carbocycles. The van der Waals surface area contributed by atoms with E-state index in [9.17, 15) is 48.3 Å². The number of methoxy groups -OCH3 is 1. The van der Waals surface area contributed by atoms with Gasteiger partial charge in [-0.1, -0.05) is 52.5 Å². The third kappa shape index (κ3) is 13.8. The Morgan fingerprint density at radius 3 is 2.24 bits per heavy atom. The topological polar surface area (TPSA) is 259 Å². The van der Waals surface area contributed by atoms with Gasteiger partial charge in [0, 0.05) is 31.9 Å². The lowest BCUT2D eigenvalue weighted by Crippen LogP contribution is -2.60. The maximum Gasteiger partial charge on any atom is 0.337 e. The SMILES string of the molecule is CNC(=O)[C@@H](NC(=O)C(NC(=O)[C@@H]1CC(=O)CN1C(=O)[C@@H](NC(=O)[C@H](CC/C=C/C(=O)OC)NC(=O)Cc1cncc(C(=O)O)c1)C(C)(C)C)=C1CCCCC1)C1CCCCC1. The molecule has 0 bridgehead atoms. The number of likely N-dealkylation sites (N-methyl/N-ethyl adjacent to an activating group) is 1. The number of likely N-dealkylation sites (tertiary alicyclic amines) is 1. The highest BCUT2D eigenvalue weighted by Gasteiger charge is 2.45. The predicted octanol–water partition coefficient (Wildman–Crippen LogP) is 2.16. The van der Waals surface area contributed by atoms with Gasteiger partial charge in [0.1, 0.15) is 29.9 Å². The number of ketones is 1. The smallest absolute Gasteiger partial charge is 0.337 e. The number of amides is 6. The Morgan fingerprint density at radius 2 is 1.61 bits per heavy atom. The molecule has 62 heavy (non-hydrogen) atoms. The van der Waals surface area contributed by atoms with E-state index in [1.807, 2.05) is 0 Å². The second kappa shape index (κ2) is 22.8. The molecule has 3 aliphatic rings. The largest absolute Gasteiger partial charge is 0.478 e. The van der Waals surface area contributed by atoms with Crippen molar-refractivity contribution < 1.29 is 53.0 Å². The number of nitrogens with zero attached hydrogens (tertiary/aromatic N) is 2. The fraction of sp³-hybridized carbons (Fsp3) is 0.591.